The minimum atomic E-state index is -3.71. The van der Waals surface area contributed by atoms with Crippen LogP contribution >= 0.6 is 22.9 Å². The van der Waals surface area contributed by atoms with Gasteiger partial charge in [-0.15, -0.1) is 11.3 Å². The number of rotatable bonds is 3. The van der Waals surface area contributed by atoms with E-state index >= 15 is 0 Å². The molecule has 0 radical (unpaired) electrons. The van der Waals surface area contributed by atoms with E-state index in [1.165, 1.54) is 29.6 Å². The van der Waals surface area contributed by atoms with Gasteiger partial charge < -0.3 is 5.73 Å². The van der Waals surface area contributed by atoms with Crippen LogP contribution in [0.15, 0.2) is 33.9 Å². The first-order chi connectivity index (χ1) is 8.92. The van der Waals surface area contributed by atoms with E-state index in [1.54, 1.807) is 0 Å². The van der Waals surface area contributed by atoms with Gasteiger partial charge in [-0.1, -0.05) is 11.6 Å². The lowest BCUT2D eigenvalue weighted by atomic mass is 10.2. The van der Waals surface area contributed by atoms with Crippen LogP contribution < -0.4 is 10.5 Å². The molecule has 5 nitrogen and oxygen atoms in total. The Hall–Kier alpha value is -1.75. The lowest BCUT2D eigenvalue weighted by molar-refractivity contribution is 0.603. The third-order valence-corrected chi connectivity index (χ3v) is 5.34. The number of nitrogens with zero attached hydrogens (tertiary/aromatic N) is 1. The van der Waals surface area contributed by atoms with Crippen molar-refractivity contribution < 1.29 is 8.42 Å². The Morgan fingerprint density at radius 2 is 2.11 bits per heavy atom. The van der Waals surface area contributed by atoms with Gasteiger partial charge in [-0.2, -0.15) is 5.26 Å². The van der Waals surface area contributed by atoms with Crippen LogP contribution in [-0.4, -0.2) is 8.42 Å². The summed E-state index contributed by atoms with van der Waals surface area (Å²) in [5, 5.41) is 10.4. The molecule has 2 aromatic rings. The molecule has 8 heteroatoms. The van der Waals surface area contributed by atoms with Crippen molar-refractivity contribution in [2.24, 2.45) is 0 Å². The molecule has 0 fully saturated rings. The van der Waals surface area contributed by atoms with Crippen LogP contribution in [0.4, 0.5) is 11.4 Å². The van der Waals surface area contributed by atoms with Gasteiger partial charge in [-0.3, -0.25) is 4.72 Å². The van der Waals surface area contributed by atoms with Crippen molar-refractivity contribution in [3.05, 3.63) is 40.2 Å². The molecule has 1 heterocycles. The maximum absolute atomic E-state index is 12.0. The first-order valence-electron chi connectivity index (χ1n) is 4.99. The van der Waals surface area contributed by atoms with Crippen LogP contribution in [-0.2, 0) is 10.0 Å². The SMILES string of the molecule is N#Cc1ccc(NS(=O)(=O)c2cc(N)cs2)c(Cl)c1. The average Bonchev–Trinajstić information content (AvgIpc) is 2.79. The number of hydrogen-bond acceptors (Lipinski definition) is 5. The summed E-state index contributed by atoms with van der Waals surface area (Å²) in [6.07, 6.45) is 0. The smallest absolute Gasteiger partial charge is 0.271 e. The van der Waals surface area contributed by atoms with Gasteiger partial charge in [0.05, 0.1) is 22.3 Å². The Morgan fingerprint density at radius 3 is 2.63 bits per heavy atom. The van der Waals surface area contributed by atoms with Gasteiger partial charge in [0.25, 0.3) is 10.0 Å². The van der Waals surface area contributed by atoms with Gasteiger partial charge in [-0.25, -0.2) is 8.42 Å². The number of nitrogens with two attached hydrogens (primary N) is 1. The van der Waals surface area contributed by atoms with Crippen molar-refractivity contribution in [3.8, 4) is 6.07 Å². The maximum atomic E-state index is 12.0. The lowest BCUT2D eigenvalue weighted by Crippen LogP contribution is -2.11. The van der Waals surface area contributed by atoms with Crippen LogP contribution in [0.1, 0.15) is 5.56 Å². The summed E-state index contributed by atoms with van der Waals surface area (Å²) in [5.41, 5.74) is 6.45. The zero-order valence-electron chi connectivity index (χ0n) is 9.42. The van der Waals surface area contributed by atoms with E-state index in [0.29, 0.717) is 11.3 Å². The van der Waals surface area contributed by atoms with Gasteiger partial charge >= 0.3 is 0 Å². The number of nitriles is 1. The average molecular weight is 314 g/mol. The van der Waals surface area contributed by atoms with Gasteiger partial charge in [0.15, 0.2) is 0 Å². The highest BCUT2D eigenvalue weighted by Crippen LogP contribution is 2.28. The van der Waals surface area contributed by atoms with E-state index in [9.17, 15) is 8.42 Å². The fourth-order valence-electron chi connectivity index (χ4n) is 1.33. The molecule has 2 rings (SSSR count). The van der Waals surface area contributed by atoms with E-state index in [1.807, 2.05) is 6.07 Å². The lowest BCUT2D eigenvalue weighted by Gasteiger charge is -2.08. The summed E-state index contributed by atoms with van der Waals surface area (Å²) in [7, 11) is -3.71. The number of sulfonamides is 1. The molecule has 0 saturated carbocycles. The van der Waals surface area contributed by atoms with Crippen molar-refractivity contribution in [3.63, 3.8) is 0 Å². The van der Waals surface area contributed by atoms with Crippen LogP contribution in [0.2, 0.25) is 5.02 Å². The molecule has 19 heavy (non-hydrogen) atoms. The molecule has 0 aliphatic carbocycles. The summed E-state index contributed by atoms with van der Waals surface area (Å²) in [5.74, 6) is 0. The van der Waals surface area contributed by atoms with Crippen LogP contribution in [0.5, 0.6) is 0 Å². The molecule has 0 saturated heterocycles. The van der Waals surface area contributed by atoms with Crippen molar-refractivity contribution in [2.45, 2.75) is 4.21 Å². The number of anilines is 2. The van der Waals surface area contributed by atoms with Gasteiger partial charge in [0.2, 0.25) is 0 Å². The summed E-state index contributed by atoms with van der Waals surface area (Å²) >= 11 is 6.93. The number of nitrogen functional groups attached to an aromatic ring is 1. The summed E-state index contributed by atoms with van der Waals surface area (Å²) in [4.78, 5) is 0. The predicted molar refractivity (Wildman–Crippen MR) is 75.7 cm³/mol. The van der Waals surface area contributed by atoms with Crippen molar-refractivity contribution in [2.75, 3.05) is 10.5 Å². The fraction of sp³-hybridized carbons (Fsp3) is 0. The number of benzene rings is 1. The normalized spacial score (nSPS) is 10.9. The Labute approximate surface area is 119 Å². The minimum absolute atomic E-state index is 0.102. The van der Waals surface area contributed by atoms with Crippen molar-refractivity contribution in [1.82, 2.24) is 0 Å². The Morgan fingerprint density at radius 1 is 1.37 bits per heavy atom. The first-order valence-corrected chi connectivity index (χ1v) is 7.73. The molecule has 1 aromatic carbocycles. The zero-order chi connectivity index (χ0) is 14.0. The highest BCUT2D eigenvalue weighted by molar-refractivity contribution is 7.94. The molecule has 98 valence electrons. The molecular weight excluding hydrogens is 306 g/mol. The number of hydrogen-bond donors (Lipinski definition) is 2. The summed E-state index contributed by atoms with van der Waals surface area (Å²) < 4.78 is 26.5. The minimum Gasteiger partial charge on any atom is -0.398 e. The second-order valence-corrected chi connectivity index (χ2v) is 6.84. The van der Waals surface area contributed by atoms with E-state index in [2.05, 4.69) is 4.72 Å². The molecule has 0 amide bonds. The second-order valence-electron chi connectivity index (χ2n) is 3.61. The molecular formula is C11H8ClN3O2S2. The Kier molecular flexibility index (Phi) is 3.66. The van der Waals surface area contributed by atoms with E-state index < -0.39 is 10.0 Å². The van der Waals surface area contributed by atoms with Crippen molar-refractivity contribution in [1.29, 1.82) is 5.26 Å². The highest BCUT2D eigenvalue weighted by Gasteiger charge is 2.17. The largest absolute Gasteiger partial charge is 0.398 e. The van der Waals surface area contributed by atoms with Gasteiger partial charge in [0, 0.05) is 11.1 Å². The van der Waals surface area contributed by atoms with Crippen LogP contribution in [0, 0.1) is 11.3 Å². The molecule has 1 aromatic heterocycles. The fourth-order valence-corrected chi connectivity index (χ4v) is 3.78. The molecule has 3 N–H and O–H groups in total. The molecule has 0 aliphatic heterocycles. The standard InChI is InChI=1S/C11H8ClN3O2S2/c12-9-3-7(5-13)1-2-10(9)15-19(16,17)11-4-8(14)6-18-11/h1-4,6,15H,14H2. The molecule has 0 atom stereocenters. The topological polar surface area (TPSA) is 96.0 Å². The third-order valence-electron chi connectivity index (χ3n) is 2.20. The Balaban J connectivity index is 2.34. The number of nitrogens with one attached hydrogen (secondary N) is 1. The second kappa shape index (κ2) is 5.09. The zero-order valence-corrected chi connectivity index (χ0v) is 11.8. The monoisotopic (exact) mass is 313 g/mol. The summed E-state index contributed by atoms with van der Waals surface area (Å²) in [6.45, 7) is 0. The number of halogens is 1. The highest BCUT2D eigenvalue weighted by atomic mass is 35.5. The van der Waals surface area contributed by atoms with Crippen LogP contribution in [0.25, 0.3) is 0 Å². The van der Waals surface area contributed by atoms with E-state index in [-0.39, 0.29) is 14.9 Å². The number of thiophene rings is 1. The predicted octanol–water partition coefficient (Wildman–Crippen LogP) is 2.66. The molecule has 0 aliphatic rings. The molecule has 0 unspecified atom stereocenters. The van der Waals surface area contributed by atoms with E-state index in [4.69, 9.17) is 22.6 Å². The van der Waals surface area contributed by atoms with E-state index in [0.717, 1.165) is 11.3 Å². The first kappa shape index (κ1) is 13.7. The maximum Gasteiger partial charge on any atom is 0.271 e. The molecule has 0 bridgehead atoms. The third kappa shape index (κ3) is 2.98. The van der Waals surface area contributed by atoms with Gasteiger partial charge in [0.1, 0.15) is 4.21 Å². The summed E-state index contributed by atoms with van der Waals surface area (Å²) in [6, 6.07) is 7.59. The quantitative estimate of drug-likeness (QED) is 0.910. The van der Waals surface area contributed by atoms with Gasteiger partial charge in [-0.05, 0) is 24.3 Å². The van der Waals surface area contributed by atoms with Crippen molar-refractivity contribution >= 4 is 44.3 Å². The molecule has 0 spiro atoms. The van der Waals surface area contributed by atoms with Crippen LogP contribution in [0.3, 0.4) is 0 Å². The Bertz CT molecular complexity index is 762.